The van der Waals surface area contributed by atoms with Crippen LogP contribution in [0.25, 0.3) is 11.4 Å². The standard InChI is InChI=1S/C25H31ClN4OS/c1-18(2)20-8-6-19(7-9-20)15-28(3)17-30-25(32)29(16-23-5-4-14-31-23)24(27-30)21-10-12-22(26)13-11-21/h6-13,18,23H,4-5,14-17H2,1-3H3/t23-/m1/s1. The van der Waals surface area contributed by atoms with Gasteiger partial charge in [-0.2, -0.15) is 5.10 Å². The van der Waals surface area contributed by atoms with Gasteiger partial charge in [-0.3, -0.25) is 9.47 Å². The predicted molar refractivity (Wildman–Crippen MR) is 132 cm³/mol. The van der Waals surface area contributed by atoms with Gasteiger partial charge in [0.1, 0.15) is 0 Å². The van der Waals surface area contributed by atoms with Crippen LogP contribution in [0.1, 0.15) is 43.7 Å². The maximum atomic E-state index is 6.11. The number of nitrogens with zero attached hydrogens (tertiary/aromatic N) is 4. The highest BCUT2D eigenvalue weighted by Crippen LogP contribution is 2.24. The molecule has 1 saturated heterocycles. The first kappa shape index (κ1) is 23.2. The minimum Gasteiger partial charge on any atom is -0.376 e. The van der Waals surface area contributed by atoms with Crippen LogP contribution >= 0.6 is 23.8 Å². The van der Waals surface area contributed by atoms with Crippen molar-refractivity contribution in [3.05, 3.63) is 69.5 Å². The van der Waals surface area contributed by atoms with Gasteiger partial charge in [-0.25, -0.2) is 4.68 Å². The molecule has 170 valence electrons. The van der Waals surface area contributed by atoms with Crippen molar-refractivity contribution in [1.29, 1.82) is 0 Å². The van der Waals surface area contributed by atoms with E-state index in [0.717, 1.165) is 43.9 Å². The predicted octanol–water partition coefficient (Wildman–Crippen LogP) is 6.13. The van der Waals surface area contributed by atoms with Crippen molar-refractivity contribution in [2.45, 2.75) is 58.5 Å². The fourth-order valence-corrected chi connectivity index (χ4v) is 4.49. The molecular weight excluding hydrogens is 440 g/mol. The van der Waals surface area contributed by atoms with Crippen molar-refractivity contribution in [2.75, 3.05) is 13.7 Å². The maximum absolute atomic E-state index is 6.11. The molecule has 1 aliphatic rings. The van der Waals surface area contributed by atoms with Crippen LogP contribution in [-0.2, 0) is 24.5 Å². The van der Waals surface area contributed by atoms with E-state index in [-0.39, 0.29) is 6.10 Å². The molecule has 0 aliphatic carbocycles. The van der Waals surface area contributed by atoms with E-state index in [2.05, 4.69) is 54.6 Å². The number of rotatable bonds is 8. The largest absolute Gasteiger partial charge is 0.376 e. The summed E-state index contributed by atoms with van der Waals surface area (Å²) in [6.07, 6.45) is 2.34. The SMILES string of the molecule is CC(C)c1ccc(CN(C)Cn2nc(-c3ccc(Cl)cc3)n(C[C@H]3CCCO3)c2=S)cc1. The zero-order valence-corrected chi connectivity index (χ0v) is 20.6. The third kappa shape index (κ3) is 5.49. The van der Waals surface area contributed by atoms with Crippen LogP contribution in [0.4, 0.5) is 0 Å². The Hall–Kier alpha value is -1.99. The molecule has 4 rings (SSSR count). The average Bonchev–Trinajstić information content (AvgIpc) is 3.39. The molecule has 1 fully saturated rings. The summed E-state index contributed by atoms with van der Waals surface area (Å²) in [6.45, 7) is 7.42. The molecule has 3 aromatic rings. The van der Waals surface area contributed by atoms with Crippen LogP contribution < -0.4 is 0 Å². The van der Waals surface area contributed by atoms with E-state index in [1.54, 1.807) is 0 Å². The molecule has 0 bridgehead atoms. The summed E-state index contributed by atoms with van der Waals surface area (Å²) in [7, 11) is 2.10. The van der Waals surface area contributed by atoms with Crippen molar-refractivity contribution in [3.8, 4) is 11.4 Å². The normalized spacial score (nSPS) is 16.4. The Labute approximate surface area is 200 Å². The first-order valence-corrected chi connectivity index (χ1v) is 12.0. The highest BCUT2D eigenvalue weighted by Gasteiger charge is 2.21. The third-order valence-electron chi connectivity index (χ3n) is 5.91. The Bertz CT molecular complexity index is 1080. The van der Waals surface area contributed by atoms with Gasteiger partial charge in [-0.05, 0) is 73.4 Å². The third-order valence-corrected chi connectivity index (χ3v) is 6.59. The second-order valence-corrected chi connectivity index (χ2v) is 9.71. The van der Waals surface area contributed by atoms with Crippen LogP contribution in [0.5, 0.6) is 0 Å². The number of halogens is 1. The highest BCUT2D eigenvalue weighted by atomic mass is 35.5. The molecule has 2 aromatic carbocycles. The van der Waals surface area contributed by atoms with Crippen molar-refractivity contribution in [1.82, 2.24) is 19.2 Å². The van der Waals surface area contributed by atoms with Crippen LogP contribution in [-0.4, -0.2) is 39.0 Å². The summed E-state index contributed by atoms with van der Waals surface area (Å²) in [5.41, 5.74) is 3.64. The quantitative estimate of drug-likeness (QED) is 0.371. The Morgan fingerprint density at radius 2 is 1.88 bits per heavy atom. The van der Waals surface area contributed by atoms with E-state index in [0.29, 0.717) is 22.4 Å². The van der Waals surface area contributed by atoms with Crippen molar-refractivity contribution in [2.24, 2.45) is 0 Å². The zero-order chi connectivity index (χ0) is 22.7. The van der Waals surface area contributed by atoms with Crippen LogP contribution in [0.2, 0.25) is 5.02 Å². The number of benzene rings is 2. The van der Waals surface area contributed by atoms with Crippen LogP contribution in [0.15, 0.2) is 48.5 Å². The molecule has 0 radical (unpaired) electrons. The van der Waals surface area contributed by atoms with Gasteiger partial charge in [0.15, 0.2) is 10.6 Å². The lowest BCUT2D eigenvalue weighted by atomic mass is 10.0. The molecule has 5 nitrogen and oxygen atoms in total. The topological polar surface area (TPSA) is 35.2 Å². The van der Waals surface area contributed by atoms with Gasteiger partial charge in [0.2, 0.25) is 0 Å². The van der Waals surface area contributed by atoms with E-state index in [4.69, 9.17) is 33.7 Å². The molecule has 1 aromatic heterocycles. The number of ether oxygens (including phenoxy) is 1. The molecule has 0 spiro atoms. The lowest BCUT2D eigenvalue weighted by Crippen LogP contribution is -2.23. The molecule has 0 unspecified atom stereocenters. The Kier molecular flexibility index (Phi) is 7.46. The molecule has 1 atom stereocenters. The summed E-state index contributed by atoms with van der Waals surface area (Å²) in [5.74, 6) is 1.40. The Morgan fingerprint density at radius 1 is 1.16 bits per heavy atom. The van der Waals surface area contributed by atoms with Crippen molar-refractivity contribution < 1.29 is 4.74 Å². The molecular formula is C25H31ClN4OS. The van der Waals surface area contributed by atoms with Gasteiger partial charge in [0, 0.05) is 23.7 Å². The van der Waals surface area contributed by atoms with E-state index in [9.17, 15) is 0 Å². The Balaban J connectivity index is 1.56. The summed E-state index contributed by atoms with van der Waals surface area (Å²) < 4.78 is 10.6. The Morgan fingerprint density at radius 3 is 2.50 bits per heavy atom. The molecule has 32 heavy (non-hydrogen) atoms. The fraction of sp³-hybridized carbons (Fsp3) is 0.440. The van der Waals surface area contributed by atoms with Gasteiger partial charge in [0.25, 0.3) is 0 Å². The summed E-state index contributed by atoms with van der Waals surface area (Å²) in [4.78, 5) is 2.23. The van der Waals surface area contributed by atoms with Gasteiger partial charge < -0.3 is 4.74 Å². The number of hydrogen-bond acceptors (Lipinski definition) is 4. The van der Waals surface area contributed by atoms with E-state index >= 15 is 0 Å². The van der Waals surface area contributed by atoms with Gasteiger partial charge in [-0.15, -0.1) is 0 Å². The molecule has 2 heterocycles. The molecule has 7 heteroatoms. The number of aromatic nitrogens is 3. The van der Waals surface area contributed by atoms with Gasteiger partial charge in [-0.1, -0.05) is 49.7 Å². The summed E-state index contributed by atoms with van der Waals surface area (Å²) >= 11 is 12.0. The molecule has 0 saturated carbocycles. The summed E-state index contributed by atoms with van der Waals surface area (Å²) in [6, 6.07) is 16.6. The van der Waals surface area contributed by atoms with E-state index in [1.165, 1.54) is 11.1 Å². The number of hydrogen-bond donors (Lipinski definition) is 0. The lowest BCUT2D eigenvalue weighted by molar-refractivity contribution is 0.0967. The average molecular weight is 471 g/mol. The highest BCUT2D eigenvalue weighted by molar-refractivity contribution is 7.71. The van der Waals surface area contributed by atoms with Crippen molar-refractivity contribution >= 4 is 23.8 Å². The van der Waals surface area contributed by atoms with Crippen LogP contribution in [0.3, 0.4) is 0 Å². The van der Waals surface area contributed by atoms with E-state index in [1.807, 2.05) is 28.9 Å². The van der Waals surface area contributed by atoms with Gasteiger partial charge >= 0.3 is 0 Å². The smallest absolute Gasteiger partial charge is 0.199 e. The zero-order valence-electron chi connectivity index (χ0n) is 19.0. The van der Waals surface area contributed by atoms with Crippen LogP contribution in [0, 0.1) is 4.77 Å². The first-order chi connectivity index (χ1) is 15.4. The second-order valence-electron chi connectivity index (χ2n) is 8.91. The minimum absolute atomic E-state index is 0.183. The monoisotopic (exact) mass is 470 g/mol. The summed E-state index contributed by atoms with van der Waals surface area (Å²) in [5, 5.41) is 5.61. The van der Waals surface area contributed by atoms with E-state index < -0.39 is 0 Å². The van der Waals surface area contributed by atoms with Crippen molar-refractivity contribution in [3.63, 3.8) is 0 Å². The van der Waals surface area contributed by atoms with Gasteiger partial charge in [0.05, 0.1) is 19.3 Å². The second kappa shape index (κ2) is 10.3. The first-order valence-electron chi connectivity index (χ1n) is 11.2. The molecule has 1 aliphatic heterocycles. The molecule has 0 amide bonds. The minimum atomic E-state index is 0.183. The fourth-order valence-electron chi connectivity index (χ4n) is 4.10. The molecule has 0 N–H and O–H groups in total. The maximum Gasteiger partial charge on any atom is 0.199 e. The lowest BCUT2D eigenvalue weighted by Gasteiger charge is -2.17.